The predicted octanol–water partition coefficient (Wildman–Crippen LogP) is 2.57. The van der Waals surface area contributed by atoms with E-state index in [-0.39, 0.29) is 5.91 Å². The Bertz CT molecular complexity index is 734. The topological polar surface area (TPSA) is 68.0 Å². The van der Waals surface area contributed by atoms with Gasteiger partial charge in [0.15, 0.2) is 5.82 Å². The van der Waals surface area contributed by atoms with Crippen molar-refractivity contribution in [2.24, 2.45) is 0 Å². The molecule has 0 bridgehead atoms. The standard InChI is InChI=1S/C18H19N3O2/c1-2-16-19-17(21-23-16)18(12-6-7-13-18)20-15(22)11-10-14-8-4-3-5-9-14/h3-5,8-9H,2,6-7,12-13H2,1H3,(H,20,22). The van der Waals surface area contributed by atoms with Gasteiger partial charge in [-0.1, -0.05) is 49.0 Å². The molecule has 2 aromatic rings. The molecule has 23 heavy (non-hydrogen) atoms. The zero-order valence-electron chi connectivity index (χ0n) is 13.1. The zero-order chi connectivity index (χ0) is 16.1. The molecule has 5 heteroatoms. The fraction of sp³-hybridized carbons (Fsp3) is 0.389. The van der Waals surface area contributed by atoms with Crippen molar-refractivity contribution in [2.75, 3.05) is 0 Å². The van der Waals surface area contributed by atoms with Gasteiger partial charge in [0.2, 0.25) is 5.89 Å². The van der Waals surface area contributed by atoms with Gasteiger partial charge in [-0.25, -0.2) is 0 Å². The van der Waals surface area contributed by atoms with Crippen LogP contribution in [0.5, 0.6) is 0 Å². The van der Waals surface area contributed by atoms with E-state index in [0.717, 1.165) is 31.2 Å². The van der Waals surface area contributed by atoms with Crippen molar-refractivity contribution in [3.8, 4) is 11.8 Å². The summed E-state index contributed by atoms with van der Waals surface area (Å²) in [6.07, 6.45) is 4.37. The molecule has 5 nitrogen and oxygen atoms in total. The van der Waals surface area contributed by atoms with Crippen molar-refractivity contribution in [2.45, 2.75) is 44.6 Å². The first-order valence-corrected chi connectivity index (χ1v) is 7.94. The number of rotatable bonds is 3. The van der Waals surface area contributed by atoms with Gasteiger partial charge in [-0.2, -0.15) is 4.98 Å². The number of carbonyl (C=O) groups is 1. The molecule has 0 aliphatic heterocycles. The lowest BCUT2D eigenvalue weighted by atomic mass is 9.96. The molecule has 0 radical (unpaired) electrons. The Balaban J connectivity index is 1.77. The Kier molecular flexibility index (Phi) is 4.42. The van der Waals surface area contributed by atoms with E-state index in [1.54, 1.807) is 0 Å². The second kappa shape index (κ2) is 6.66. The fourth-order valence-electron chi connectivity index (χ4n) is 2.87. The predicted molar refractivity (Wildman–Crippen MR) is 85.3 cm³/mol. The summed E-state index contributed by atoms with van der Waals surface area (Å²) in [6, 6.07) is 9.45. The summed E-state index contributed by atoms with van der Waals surface area (Å²) in [6.45, 7) is 1.96. The van der Waals surface area contributed by atoms with Crippen LogP contribution in [0.15, 0.2) is 34.9 Å². The van der Waals surface area contributed by atoms with E-state index in [1.807, 2.05) is 37.3 Å². The largest absolute Gasteiger partial charge is 0.339 e. The third-order valence-corrected chi connectivity index (χ3v) is 4.10. The molecule has 0 spiro atoms. The van der Waals surface area contributed by atoms with Crippen LogP contribution in [0.25, 0.3) is 0 Å². The molecule has 1 fully saturated rings. The highest BCUT2D eigenvalue weighted by atomic mass is 16.5. The summed E-state index contributed by atoms with van der Waals surface area (Å²) in [4.78, 5) is 16.7. The van der Waals surface area contributed by atoms with Gasteiger partial charge in [-0.15, -0.1) is 0 Å². The number of hydrogen-bond donors (Lipinski definition) is 1. The van der Waals surface area contributed by atoms with Gasteiger partial charge < -0.3 is 9.84 Å². The number of aryl methyl sites for hydroxylation is 1. The average molecular weight is 309 g/mol. The van der Waals surface area contributed by atoms with Crippen LogP contribution < -0.4 is 5.32 Å². The number of hydrogen-bond acceptors (Lipinski definition) is 4. The number of nitrogens with one attached hydrogen (secondary N) is 1. The highest BCUT2D eigenvalue weighted by molar-refractivity contribution is 5.94. The average Bonchev–Trinajstić information content (AvgIpc) is 3.23. The third-order valence-electron chi connectivity index (χ3n) is 4.10. The Morgan fingerprint density at radius 2 is 2.04 bits per heavy atom. The lowest BCUT2D eigenvalue weighted by Gasteiger charge is -2.25. The van der Waals surface area contributed by atoms with Crippen LogP contribution in [-0.4, -0.2) is 16.0 Å². The second-order valence-corrected chi connectivity index (χ2v) is 5.72. The Morgan fingerprint density at radius 3 is 2.70 bits per heavy atom. The quantitative estimate of drug-likeness (QED) is 0.885. The van der Waals surface area contributed by atoms with E-state index in [9.17, 15) is 4.79 Å². The van der Waals surface area contributed by atoms with Crippen molar-refractivity contribution in [1.29, 1.82) is 0 Å². The van der Waals surface area contributed by atoms with Gasteiger partial charge in [0.25, 0.3) is 5.91 Å². The van der Waals surface area contributed by atoms with Crippen molar-refractivity contribution in [3.63, 3.8) is 0 Å². The Labute approximate surface area is 135 Å². The maximum atomic E-state index is 12.3. The van der Waals surface area contributed by atoms with E-state index in [2.05, 4.69) is 27.3 Å². The van der Waals surface area contributed by atoms with Gasteiger partial charge >= 0.3 is 0 Å². The molecule has 1 saturated carbocycles. The van der Waals surface area contributed by atoms with E-state index in [4.69, 9.17) is 4.52 Å². The van der Waals surface area contributed by atoms with Crippen LogP contribution in [0.1, 0.15) is 49.9 Å². The number of nitrogens with zero attached hydrogens (tertiary/aromatic N) is 2. The number of carbonyl (C=O) groups excluding carboxylic acids is 1. The highest BCUT2D eigenvalue weighted by Crippen LogP contribution is 2.37. The normalized spacial score (nSPS) is 15.7. The molecule has 1 aliphatic carbocycles. The molecule has 3 rings (SSSR count). The first kappa shape index (κ1) is 15.3. The summed E-state index contributed by atoms with van der Waals surface area (Å²) >= 11 is 0. The van der Waals surface area contributed by atoms with Crippen LogP contribution in [0, 0.1) is 11.8 Å². The molecule has 0 atom stereocenters. The minimum Gasteiger partial charge on any atom is -0.339 e. The van der Waals surface area contributed by atoms with Gasteiger partial charge in [0.05, 0.1) is 0 Å². The number of amides is 1. The summed E-state index contributed by atoms with van der Waals surface area (Å²) in [5, 5.41) is 7.08. The molecule has 1 heterocycles. The molecule has 1 aromatic heterocycles. The fourth-order valence-corrected chi connectivity index (χ4v) is 2.87. The zero-order valence-corrected chi connectivity index (χ0v) is 13.1. The van der Waals surface area contributed by atoms with Gasteiger partial charge in [-0.3, -0.25) is 4.79 Å². The van der Waals surface area contributed by atoms with Crippen molar-refractivity contribution >= 4 is 5.91 Å². The third kappa shape index (κ3) is 3.42. The van der Waals surface area contributed by atoms with Crippen LogP contribution in [0.3, 0.4) is 0 Å². The molecule has 1 aromatic carbocycles. The molecule has 1 N–H and O–H groups in total. The monoisotopic (exact) mass is 309 g/mol. The summed E-state index contributed by atoms with van der Waals surface area (Å²) < 4.78 is 5.21. The van der Waals surface area contributed by atoms with Crippen molar-refractivity contribution in [3.05, 3.63) is 47.6 Å². The first-order chi connectivity index (χ1) is 11.2. The summed E-state index contributed by atoms with van der Waals surface area (Å²) in [5.41, 5.74) is 0.273. The van der Waals surface area contributed by atoms with Crippen LogP contribution in [0.4, 0.5) is 0 Å². The lowest BCUT2D eigenvalue weighted by Crippen LogP contribution is -2.44. The van der Waals surface area contributed by atoms with Gasteiger partial charge in [0, 0.05) is 17.9 Å². The van der Waals surface area contributed by atoms with Crippen molar-refractivity contribution < 1.29 is 9.32 Å². The van der Waals surface area contributed by atoms with Crippen molar-refractivity contribution in [1.82, 2.24) is 15.5 Å². The summed E-state index contributed by atoms with van der Waals surface area (Å²) in [7, 11) is 0. The molecule has 0 saturated heterocycles. The lowest BCUT2D eigenvalue weighted by molar-refractivity contribution is -0.117. The molecular formula is C18H19N3O2. The highest BCUT2D eigenvalue weighted by Gasteiger charge is 2.41. The SMILES string of the molecule is CCc1nc(C2(NC(=O)C#Cc3ccccc3)CCCC2)no1. The van der Waals surface area contributed by atoms with Gasteiger partial charge in [0.1, 0.15) is 5.54 Å². The van der Waals surface area contributed by atoms with E-state index in [0.29, 0.717) is 18.1 Å². The smallest absolute Gasteiger partial charge is 0.297 e. The Morgan fingerprint density at radius 1 is 1.30 bits per heavy atom. The number of benzene rings is 1. The molecule has 1 amide bonds. The van der Waals surface area contributed by atoms with Crippen LogP contribution >= 0.6 is 0 Å². The van der Waals surface area contributed by atoms with E-state index in [1.165, 1.54) is 0 Å². The molecule has 1 aliphatic rings. The minimum absolute atomic E-state index is 0.307. The maximum absolute atomic E-state index is 12.3. The minimum atomic E-state index is -0.542. The second-order valence-electron chi connectivity index (χ2n) is 5.72. The van der Waals surface area contributed by atoms with Crippen LogP contribution in [0.2, 0.25) is 0 Å². The molecular weight excluding hydrogens is 290 g/mol. The number of aromatic nitrogens is 2. The molecule has 118 valence electrons. The van der Waals surface area contributed by atoms with Crippen LogP contribution in [-0.2, 0) is 16.8 Å². The van der Waals surface area contributed by atoms with E-state index >= 15 is 0 Å². The van der Waals surface area contributed by atoms with E-state index < -0.39 is 5.54 Å². The Hall–Kier alpha value is -2.61. The van der Waals surface area contributed by atoms with Gasteiger partial charge in [-0.05, 0) is 25.0 Å². The summed E-state index contributed by atoms with van der Waals surface area (Å²) in [5.74, 6) is 6.39. The molecule has 0 unspecified atom stereocenters. The first-order valence-electron chi connectivity index (χ1n) is 7.94. The maximum Gasteiger partial charge on any atom is 0.297 e.